The molecule has 128 valence electrons. The Morgan fingerprint density at radius 2 is 1.87 bits per heavy atom. The van der Waals surface area contributed by atoms with E-state index in [1.54, 1.807) is 29.2 Å². The van der Waals surface area contributed by atoms with Crippen LogP contribution in [0.5, 0.6) is 0 Å². The lowest BCUT2D eigenvalue weighted by Gasteiger charge is -2.16. The maximum Gasteiger partial charge on any atom is 0.240 e. The predicted octanol–water partition coefficient (Wildman–Crippen LogP) is 2.92. The van der Waals surface area contributed by atoms with Crippen molar-refractivity contribution >= 4 is 21.6 Å². The Balaban J connectivity index is 1.91. The highest BCUT2D eigenvalue weighted by Crippen LogP contribution is 2.22. The maximum atomic E-state index is 12.2. The fourth-order valence-corrected chi connectivity index (χ4v) is 3.77. The molecule has 0 aliphatic carbocycles. The molecule has 1 aromatic rings. The molecule has 1 heterocycles. The van der Waals surface area contributed by atoms with Crippen molar-refractivity contribution < 1.29 is 13.2 Å². The Morgan fingerprint density at radius 1 is 1.17 bits per heavy atom. The van der Waals surface area contributed by atoms with Gasteiger partial charge in [-0.05, 0) is 43.0 Å². The van der Waals surface area contributed by atoms with E-state index < -0.39 is 10.0 Å². The van der Waals surface area contributed by atoms with Crippen molar-refractivity contribution in [2.24, 2.45) is 5.92 Å². The van der Waals surface area contributed by atoms with Gasteiger partial charge in [0.05, 0.1) is 4.90 Å². The Bertz CT molecular complexity index is 624. The first kappa shape index (κ1) is 17.9. The number of amides is 1. The summed E-state index contributed by atoms with van der Waals surface area (Å²) in [6.45, 7) is 5.49. The fourth-order valence-electron chi connectivity index (χ4n) is 2.69. The highest BCUT2D eigenvalue weighted by Gasteiger charge is 2.22. The van der Waals surface area contributed by atoms with Crippen LogP contribution in [0.15, 0.2) is 29.2 Å². The van der Waals surface area contributed by atoms with Gasteiger partial charge in [-0.3, -0.25) is 4.79 Å². The third kappa shape index (κ3) is 5.04. The topological polar surface area (TPSA) is 66.5 Å². The van der Waals surface area contributed by atoms with E-state index in [0.29, 0.717) is 25.4 Å². The number of hydrogen-bond acceptors (Lipinski definition) is 3. The maximum absolute atomic E-state index is 12.2. The largest absolute Gasteiger partial charge is 0.312 e. The number of carbonyl (C=O) groups excluding carboxylic acids is 1. The Labute approximate surface area is 139 Å². The monoisotopic (exact) mass is 338 g/mol. The second kappa shape index (κ2) is 7.93. The number of hydrogen-bond donors (Lipinski definition) is 1. The Morgan fingerprint density at radius 3 is 2.43 bits per heavy atom. The number of anilines is 1. The summed E-state index contributed by atoms with van der Waals surface area (Å²) < 4.78 is 27.1. The van der Waals surface area contributed by atoms with Gasteiger partial charge in [0.15, 0.2) is 0 Å². The van der Waals surface area contributed by atoms with E-state index >= 15 is 0 Å². The number of sulfonamides is 1. The fraction of sp³-hybridized carbons (Fsp3) is 0.588. The highest BCUT2D eigenvalue weighted by atomic mass is 32.2. The summed E-state index contributed by atoms with van der Waals surface area (Å²) in [4.78, 5) is 13.7. The summed E-state index contributed by atoms with van der Waals surface area (Å²) in [5.74, 6) is 0.747. The van der Waals surface area contributed by atoms with Crippen LogP contribution in [0, 0.1) is 5.92 Å². The molecular weight excluding hydrogens is 312 g/mol. The van der Waals surface area contributed by atoms with E-state index in [0.717, 1.165) is 31.4 Å². The molecule has 0 spiro atoms. The van der Waals surface area contributed by atoms with Crippen LogP contribution in [0.1, 0.15) is 46.0 Å². The molecule has 1 amide bonds. The normalized spacial score (nSPS) is 15.6. The average Bonchev–Trinajstić information content (AvgIpc) is 2.93. The van der Waals surface area contributed by atoms with E-state index in [2.05, 4.69) is 18.6 Å². The van der Waals surface area contributed by atoms with Crippen molar-refractivity contribution in [1.29, 1.82) is 0 Å². The smallest absolute Gasteiger partial charge is 0.240 e. The van der Waals surface area contributed by atoms with E-state index in [1.165, 1.54) is 0 Å². The van der Waals surface area contributed by atoms with Crippen LogP contribution in [0.2, 0.25) is 0 Å². The molecule has 1 aromatic carbocycles. The van der Waals surface area contributed by atoms with Crippen molar-refractivity contribution in [2.45, 2.75) is 50.8 Å². The molecule has 6 heteroatoms. The minimum atomic E-state index is -3.47. The van der Waals surface area contributed by atoms with Crippen molar-refractivity contribution in [3.8, 4) is 0 Å². The van der Waals surface area contributed by atoms with E-state index in [1.807, 2.05) is 0 Å². The number of rotatable bonds is 8. The van der Waals surface area contributed by atoms with Crippen LogP contribution >= 0.6 is 0 Å². The molecule has 0 atom stereocenters. The molecule has 1 saturated heterocycles. The number of nitrogens with zero attached hydrogens (tertiary/aromatic N) is 1. The van der Waals surface area contributed by atoms with Gasteiger partial charge in [0, 0.05) is 25.2 Å². The number of nitrogens with one attached hydrogen (secondary N) is 1. The third-order valence-electron chi connectivity index (χ3n) is 4.03. The first-order valence-corrected chi connectivity index (χ1v) is 9.78. The molecule has 0 bridgehead atoms. The van der Waals surface area contributed by atoms with Crippen LogP contribution < -0.4 is 9.62 Å². The molecule has 0 unspecified atom stereocenters. The van der Waals surface area contributed by atoms with E-state index in [9.17, 15) is 13.2 Å². The zero-order valence-electron chi connectivity index (χ0n) is 13.9. The summed E-state index contributed by atoms with van der Waals surface area (Å²) in [5.41, 5.74) is 0.767. The molecule has 2 rings (SSSR count). The summed E-state index contributed by atoms with van der Waals surface area (Å²) in [7, 11) is -3.47. The molecular formula is C17H26N2O3S. The zero-order chi connectivity index (χ0) is 16.9. The summed E-state index contributed by atoms with van der Waals surface area (Å²) in [5, 5.41) is 0. The van der Waals surface area contributed by atoms with Gasteiger partial charge in [0.2, 0.25) is 15.9 Å². The van der Waals surface area contributed by atoms with E-state index in [4.69, 9.17) is 0 Å². The number of benzene rings is 1. The second-order valence-corrected chi connectivity index (χ2v) is 8.20. The molecule has 1 N–H and O–H groups in total. The third-order valence-corrected chi connectivity index (χ3v) is 5.51. The van der Waals surface area contributed by atoms with Gasteiger partial charge in [0.1, 0.15) is 0 Å². The van der Waals surface area contributed by atoms with Gasteiger partial charge >= 0.3 is 0 Å². The van der Waals surface area contributed by atoms with Gasteiger partial charge in [-0.25, -0.2) is 13.1 Å². The number of carbonyl (C=O) groups is 1. The molecule has 0 saturated carbocycles. The van der Waals surface area contributed by atoms with Gasteiger partial charge in [-0.1, -0.05) is 26.7 Å². The van der Waals surface area contributed by atoms with Crippen LogP contribution in [0.4, 0.5) is 5.69 Å². The summed E-state index contributed by atoms with van der Waals surface area (Å²) in [6.07, 6.45) is 4.41. The second-order valence-electron chi connectivity index (χ2n) is 6.43. The lowest BCUT2D eigenvalue weighted by molar-refractivity contribution is -0.117. The van der Waals surface area contributed by atoms with Gasteiger partial charge < -0.3 is 4.90 Å². The molecule has 0 aromatic heterocycles. The molecule has 0 radical (unpaired) electrons. The van der Waals surface area contributed by atoms with E-state index in [-0.39, 0.29) is 10.8 Å². The minimum absolute atomic E-state index is 0.101. The predicted molar refractivity (Wildman–Crippen MR) is 91.9 cm³/mol. The lowest BCUT2D eigenvalue weighted by Crippen LogP contribution is -2.26. The number of unbranched alkanes of at least 4 members (excludes halogenated alkanes) is 1. The Hall–Kier alpha value is -1.40. The molecule has 1 fully saturated rings. The molecule has 1 aliphatic rings. The summed E-state index contributed by atoms with van der Waals surface area (Å²) >= 11 is 0. The van der Waals surface area contributed by atoms with Crippen LogP contribution in [0.25, 0.3) is 0 Å². The quantitative estimate of drug-likeness (QED) is 0.741. The van der Waals surface area contributed by atoms with Crippen molar-refractivity contribution in [3.63, 3.8) is 0 Å². The van der Waals surface area contributed by atoms with Crippen molar-refractivity contribution in [1.82, 2.24) is 4.72 Å². The van der Waals surface area contributed by atoms with Gasteiger partial charge in [0.25, 0.3) is 0 Å². The minimum Gasteiger partial charge on any atom is -0.312 e. The molecule has 1 aliphatic heterocycles. The van der Waals surface area contributed by atoms with Crippen LogP contribution in [-0.2, 0) is 14.8 Å². The average molecular weight is 338 g/mol. The molecule has 5 nitrogen and oxygen atoms in total. The van der Waals surface area contributed by atoms with Crippen LogP contribution in [-0.4, -0.2) is 27.4 Å². The van der Waals surface area contributed by atoms with Crippen molar-refractivity contribution in [3.05, 3.63) is 24.3 Å². The zero-order valence-corrected chi connectivity index (χ0v) is 14.7. The van der Waals surface area contributed by atoms with Gasteiger partial charge in [-0.2, -0.15) is 0 Å². The van der Waals surface area contributed by atoms with Crippen molar-refractivity contribution in [2.75, 3.05) is 18.0 Å². The summed E-state index contributed by atoms with van der Waals surface area (Å²) in [6, 6.07) is 6.54. The standard InChI is InChI=1S/C17H26N2O3S/c1-14(2)6-3-4-12-18-23(21,22)16-10-8-15(9-11-16)19-13-5-7-17(19)20/h8-11,14,18H,3-7,12-13H2,1-2H3. The first-order valence-electron chi connectivity index (χ1n) is 8.30. The first-order chi connectivity index (χ1) is 10.9. The highest BCUT2D eigenvalue weighted by molar-refractivity contribution is 7.89. The lowest BCUT2D eigenvalue weighted by atomic mass is 10.1. The van der Waals surface area contributed by atoms with Gasteiger partial charge in [-0.15, -0.1) is 0 Å². The molecule has 23 heavy (non-hydrogen) atoms. The van der Waals surface area contributed by atoms with Crippen LogP contribution in [0.3, 0.4) is 0 Å². The Kier molecular flexibility index (Phi) is 6.18. The SMILES string of the molecule is CC(C)CCCCNS(=O)(=O)c1ccc(N2CCCC2=O)cc1.